The van der Waals surface area contributed by atoms with Crippen molar-refractivity contribution in [3.05, 3.63) is 22.0 Å². The maximum absolute atomic E-state index is 12.3. The van der Waals surface area contributed by atoms with Crippen LogP contribution in [-0.4, -0.2) is 36.8 Å². The van der Waals surface area contributed by atoms with E-state index < -0.39 is 31.0 Å². The quantitative estimate of drug-likeness (QED) is 0.264. The molecule has 0 aliphatic heterocycles. The van der Waals surface area contributed by atoms with Gasteiger partial charge in [0.25, 0.3) is 0 Å². The average Bonchev–Trinajstić information content (AvgIpc) is 2.35. The van der Waals surface area contributed by atoms with E-state index in [9.17, 15) is 19.5 Å². The van der Waals surface area contributed by atoms with Crippen LogP contribution in [0.5, 0.6) is 0 Å². The van der Waals surface area contributed by atoms with Crippen molar-refractivity contribution in [2.45, 2.75) is 33.2 Å². The van der Waals surface area contributed by atoms with Crippen molar-refractivity contribution in [1.82, 2.24) is 0 Å². The van der Waals surface area contributed by atoms with Crippen molar-refractivity contribution in [3.8, 4) is 0 Å². The summed E-state index contributed by atoms with van der Waals surface area (Å²) in [5.41, 5.74) is 0. The molecule has 0 aliphatic rings. The topological polar surface area (TPSA) is 105 Å². The van der Waals surface area contributed by atoms with Gasteiger partial charge in [-0.3, -0.25) is 14.7 Å². The number of ether oxygens (including phenoxy) is 1. The molecule has 0 aromatic carbocycles. The van der Waals surface area contributed by atoms with Gasteiger partial charge in [-0.1, -0.05) is 6.58 Å². The van der Waals surface area contributed by atoms with Gasteiger partial charge in [0.1, 0.15) is 0 Å². The van der Waals surface area contributed by atoms with Gasteiger partial charge in [0.2, 0.25) is 0 Å². The van der Waals surface area contributed by atoms with E-state index in [-0.39, 0.29) is 25.1 Å². The van der Waals surface area contributed by atoms with Crippen molar-refractivity contribution in [2.24, 2.45) is 0 Å². The molecule has 0 amide bonds. The molecule has 116 valence electrons. The Balaban J connectivity index is 5.02. The molecular formula is C11H20NO7P. The van der Waals surface area contributed by atoms with Crippen LogP contribution in [0, 0.1) is 10.1 Å². The molecule has 0 saturated heterocycles. The van der Waals surface area contributed by atoms with Gasteiger partial charge in [-0.05, 0) is 20.8 Å². The summed E-state index contributed by atoms with van der Waals surface area (Å²) >= 11 is 0. The Morgan fingerprint density at radius 3 is 2.10 bits per heavy atom. The van der Waals surface area contributed by atoms with Crippen LogP contribution in [0.2, 0.25) is 0 Å². The second kappa shape index (κ2) is 8.84. The molecular weight excluding hydrogens is 289 g/mol. The van der Waals surface area contributed by atoms with E-state index in [1.165, 1.54) is 6.92 Å². The smallest absolute Gasteiger partial charge is 0.382 e. The van der Waals surface area contributed by atoms with Crippen LogP contribution < -0.4 is 0 Å². The zero-order chi connectivity index (χ0) is 15.8. The zero-order valence-electron chi connectivity index (χ0n) is 11.9. The molecule has 20 heavy (non-hydrogen) atoms. The number of nitro groups is 1. The summed E-state index contributed by atoms with van der Waals surface area (Å²) < 4.78 is 27.0. The fraction of sp³-hybridized carbons (Fsp3) is 0.727. The van der Waals surface area contributed by atoms with Gasteiger partial charge >= 0.3 is 19.6 Å². The van der Waals surface area contributed by atoms with Crippen molar-refractivity contribution >= 4 is 13.6 Å². The van der Waals surface area contributed by atoms with Crippen molar-refractivity contribution in [1.29, 1.82) is 0 Å². The first-order valence-corrected chi connectivity index (χ1v) is 7.74. The number of rotatable bonds is 10. The summed E-state index contributed by atoms with van der Waals surface area (Å²) in [6.07, 6.45) is -0.455. The van der Waals surface area contributed by atoms with E-state index in [0.717, 1.165) is 0 Å². The van der Waals surface area contributed by atoms with Gasteiger partial charge < -0.3 is 13.8 Å². The van der Waals surface area contributed by atoms with E-state index in [4.69, 9.17) is 9.05 Å². The van der Waals surface area contributed by atoms with Crippen LogP contribution in [0.3, 0.4) is 0 Å². The second-order valence-corrected chi connectivity index (χ2v) is 5.80. The third-order valence-electron chi connectivity index (χ3n) is 2.23. The van der Waals surface area contributed by atoms with Crippen molar-refractivity contribution in [2.75, 3.05) is 19.8 Å². The summed E-state index contributed by atoms with van der Waals surface area (Å²) in [4.78, 5) is 21.6. The second-order valence-electron chi connectivity index (χ2n) is 3.66. The number of esters is 1. The predicted molar refractivity (Wildman–Crippen MR) is 72.0 cm³/mol. The predicted octanol–water partition coefficient (Wildman–Crippen LogP) is 2.36. The van der Waals surface area contributed by atoms with E-state index in [0.29, 0.717) is 0 Å². The Morgan fingerprint density at radius 1 is 1.25 bits per heavy atom. The highest BCUT2D eigenvalue weighted by Gasteiger charge is 2.38. The van der Waals surface area contributed by atoms with E-state index in [1.807, 2.05) is 0 Å². The molecule has 0 bridgehead atoms. The maximum atomic E-state index is 12.3. The highest BCUT2D eigenvalue weighted by molar-refractivity contribution is 7.58. The van der Waals surface area contributed by atoms with E-state index >= 15 is 0 Å². The van der Waals surface area contributed by atoms with Crippen LogP contribution in [0.1, 0.15) is 27.2 Å². The highest BCUT2D eigenvalue weighted by Crippen LogP contribution is 2.56. The number of nitrogens with zero attached hydrogens (tertiary/aromatic N) is 1. The molecule has 9 heteroatoms. The molecule has 0 radical (unpaired) electrons. The fourth-order valence-corrected chi connectivity index (χ4v) is 2.89. The Morgan fingerprint density at radius 2 is 1.75 bits per heavy atom. The highest BCUT2D eigenvalue weighted by atomic mass is 31.2. The molecule has 0 saturated carbocycles. The lowest BCUT2D eigenvalue weighted by atomic mass is 10.2. The number of carbonyl (C=O) groups excluding carboxylic acids is 1. The molecule has 0 heterocycles. The van der Waals surface area contributed by atoms with Crippen LogP contribution in [-0.2, 0) is 23.1 Å². The van der Waals surface area contributed by atoms with Gasteiger partial charge in [0, 0.05) is 10.2 Å². The Labute approximate surface area is 117 Å². The van der Waals surface area contributed by atoms with Gasteiger partial charge in [-0.2, -0.15) is 0 Å². The summed E-state index contributed by atoms with van der Waals surface area (Å²) in [6, 6.07) is -1.67. The Hall–Kier alpha value is -1.24. The van der Waals surface area contributed by atoms with Crippen LogP contribution in [0.15, 0.2) is 11.9 Å². The minimum Gasteiger partial charge on any atom is -0.461 e. The van der Waals surface area contributed by atoms with E-state index in [2.05, 4.69) is 11.3 Å². The Kier molecular flexibility index (Phi) is 8.29. The SMILES string of the molecule is C=C(CC(C(=O)OCC)[N+](=O)[O-])P(=O)(OCC)OCC. The third-order valence-corrected chi connectivity index (χ3v) is 4.38. The minimum atomic E-state index is -3.67. The lowest BCUT2D eigenvalue weighted by molar-refractivity contribution is -0.509. The summed E-state index contributed by atoms with van der Waals surface area (Å²) in [7, 11) is -3.67. The first-order chi connectivity index (χ1) is 9.32. The minimum absolute atomic E-state index is 0.0181. The first kappa shape index (κ1) is 18.8. The number of carbonyl (C=O) groups is 1. The molecule has 8 nitrogen and oxygen atoms in total. The van der Waals surface area contributed by atoms with Gasteiger partial charge in [-0.15, -0.1) is 0 Å². The molecule has 0 rings (SSSR count). The fourth-order valence-electron chi connectivity index (χ4n) is 1.38. The van der Waals surface area contributed by atoms with Crippen molar-refractivity contribution < 1.29 is 28.1 Å². The van der Waals surface area contributed by atoms with Gasteiger partial charge in [-0.25, -0.2) is 4.79 Å². The van der Waals surface area contributed by atoms with Crippen molar-refractivity contribution in [3.63, 3.8) is 0 Å². The standard InChI is InChI=1S/C11H20NO7P/c1-5-17-11(13)10(12(14)15)8-9(4)20(16,18-6-2)19-7-3/h10H,4-8H2,1-3H3. The molecule has 0 aromatic rings. The Bertz CT molecular complexity index is 400. The third kappa shape index (κ3) is 5.40. The molecule has 0 spiro atoms. The number of hydrogen-bond acceptors (Lipinski definition) is 7. The molecule has 1 atom stereocenters. The maximum Gasteiger partial charge on any atom is 0.382 e. The molecule has 0 N–H and O–H groups in total. The largest absolute Gasteiger partial charge is 0.461 e. The average molecular weight is 309 g/mol. The lowest BCUT2D eigenvalue weighted by Gasteiger charge is -2.19. The summed E-state index contributed by atoms with van der Waals surface area (Å²) in [5, 5.41) is 10.8. The first-order valence-electron chi connectivity index (χ1n) is 6.19. The lowest BCUT2D eigenvalue weighted by Crippen LogP contribution is -2.32. The monoisotopic (exact) mass is 309 g/mol. The normalized spacial score (nSPS) is 12.8. The summed E-state index contributed by atoms with van der Waals surface area (Å²) in [6.45, 7) is 8.46. The summed E-state index contributed by atoms with van der Waals surface area (Å²) in [5.74, 6) is -1.00. The van der Waals surface area contributed by atoms with Gasteiger partial charge in [0.05, 0.1) is 26.2 Å². The number of hydrogen-bond donors (Lipinski definition) is 0. The molecule has 0 aliphatic carbocycles. The van der Waals surface area contributed by atoms with Crippen LogP contribution in [0.25, 0.3) is 0 Å². The zero-order valence-corrected chi connectivity index (χ0v) is 12.8. The molecule has 1 unspecified atom stereocenters. The van der Waals surface area contributed by atoms with Crippen LogP contribution >= 0.6 is 7.60 Å². The molecule has 0 fully saturated rings. The molecule has 0 aromatic heterocycles. The van der Waals surface area contributed by atoms with Gasteiger partial charge in [0.15, 0.2) is 0 Å². The van der Waals surface area contributed by atoms with E-state index in [1.54, 1.807) is 13.8 Å². The van der Waals surface area contributed by atoms with Crippen LogP contribution in [0.4, 0.5) is 0 Å².